The highest BCUT2D eigenvalue weighted by molar-refractivity contribution is 7.66. The molecule has 626 valence electrons. The molecule has 4 rings (SSSR count). The highest BCUT2D eigenvalue weighted by Gasteiger charge is 2.40. The molecule has 16 unspecified atom stereocenters. The SMILES string of the molecule is [B]C1CC(OP(OCCC)N(C(C)C)C(C)C)CC(/C=C/P(=O)(OC)OC)O1.[C-]#[N+]CCOP(OC1CC(/C=C/P(C)(C)=O)OCC1C)N(C(C)C)C(C)C.[C-]#[N+]CCOP(OC1CC(C)C=CC1/C=C/P(C)(C)=O)N(C(C)C)C(C)C.[C-]#[N+]CCOP(OC1CC(C)C=CC1/C=C/P(C)(C)=O)N(C(C)C)C(C)C. The van der Waals surface area contributed by atoms with E-state index in [0.29, 0.717) is 95.9 Å². The smallest absolute Gasteiger partial charge is 0.353 e. The van der Waals surface area contributed by atoms with Crippen molar-refractivity contribution in [2.45, 2.75) is 268 Å². The number of hydrogen-bond acceptors (Lipinski definition) is 20. The van der Waals surface area contributed by atoms with Gasteiger partial charge in [0.2, 0.25) is 19.6 Å². The van der Waals surface area contributed by atoms with Gasteiger partial charge in [-0.3, -0.25) is 4.57 Å². The summed E-state index contributed by atoms with van der Waals surface area (Å²) in [6, 6.07) is 1.79. The molecule has 0 spiro atoms. The van der Waals surface area contributed by atoms with Crippen LogP contribution >= 0.6 is 63.1 Å². The third-order valence-corrected chi connectivity index (χ3v) is 29.8. The van der Waals surface area contributed by atoms with E-state index in [1.165, 1.54) is 20.0 Å². The van der Waals surface area contributed by atoms with Gasteiger partial charge in [0.25, 0.3) is 34.1 Å². The zero-order valence-electron chi connectivity index (χ0n) is 71.7. The van der Waals surface area contributed by atoms with Crippen LogP contribution in [0.4, 0.5) is 0 Å². The van der Waals surface area contributed by atoms with Gasteiger partial charge in [-0.25, -0.2) is 38.4 Å². The van der Waals surface area contributed by atoms with Gasteiger partial charge in [-0.1, -0.05) is 70.2 Å². The van der Waals surface area contributed by atoms with E-state index in [0.717, 1.165) is 19.3 Å². The minimum absolute atomic E-state index is 0.000508. The normalized spacial score (nSPS) is 25.1. The Morgan fingerprint density at radius 3 is 1.12 bits per heavy atom. The van der Waals surface area contributed by atoms with Crippen molar-refractivity contribution in [1.29, 1.82) is 0 Å². The van der Waals surface area contributed by atoms with Crippen LogP contribution in [-0.4, -0.2) is 224 Å². The molecule has 0 aromatic heterocycles. The topological polar surface area (TPSA) is 205 Å². The minimum Gasteiger partial charge on any atom is -0.380 e. The van der Waals surface area contributed by atoms with Gasteiger partial charge in [0, 0.05) is 105 Å². The Hall–Kier alpha value is -1.03. The van der Waals surface area contributed by atoms with Gasteiger partial charge in [0.05, 0.1) is 49.8 Å². The summed E-state index contributed by atoms with van der Waals surface area (Å²) in [6.07, 6.45) is 20.4. The molecule has 16 atom stereocenters. The average molecular weight is 1680 g/mol. The molecule has 0 aromatic carbocycles. The van der Waals surface area contributed by atoms with Crippen molar-refractivity contribution in [1.82, 2.24) is 18.7 Å². The molecule has 0 amide bonds. The first-order valence-electron chi connectivity index (χ1n) is 38.8. The maximum atomic E-state index is 12.2. The van der Waals surface area contributed by atoms with Gasteiger partial charge < -0.3 is 82.9 Å². The molecule has 2 fully saturated rings. The lowest BCUT2D eigenvalue weighted by molar-refractivity contribution is -0.0526. The summed E-state index contributed by atoms with van der Waals surface area (Å²) in [5.74, 6) is 8.14. The Kier molecular flexibility index (Phi) is 53.3. The zero-order valence-corrected chi connectivity index (χ0v) is 78.8. The number of nitrogens with zero attached hydrogens (tertiary/aromatic N) is 7. The Labute approximate surface area is 669 Å². The van der Waals surface area contributed by atoms with E-state index in [4.69, 9.17) is 82.3 Å². The number of hydrogen-bond donors (Lipinski definition) is 0. The highest BCUT2D eigenvalue weighted by atomic mass is 31.2. The molecule has 32 heteroatoms. The molecule has 4 aliphatic rings. The van der Waals surface area contributed by atoms with Gasteiger partial charge in [-0.05, 0) is 212 Å². The lowest BCUT2D eigenvalue weighted by Gasteiger charge is -2.40. The fraction of sp³-hybridized carbons (Fsp3) is 0.805. The first-order valence-corrected chi connectivity index (χ1v) is 53.0. The molecule has 0 aromatic rings. The van der Waals surface area contributed by atoms with Crippen molar-refractivity contribution < 1.29 is 73.0 Å². The van der Waals surface area contributed by atoms with Gasteiger partial charge in [0.1, 0.15) is 49.1 Å². The molecule has 2 saturated heterocycles. The van der Waals surface area contributed by atoms with Crippen LogP contribution in [0.1, 0.15) is 177 Å². The van der Waals surface area contributed by atoms with E-state index in [2.05, 4.69) is 196 Å². The fourth-order valence-electron chi connectivity index (χ4n) is 12.0. The molecule has 2 radical (unpaired) electrons. The van der Waals surface area contributed by atoms with Crippen LogP contribution in [0.2, 0.25) is 0 Å². The minimum atomic E-state index is -3.24. The molecular weight excluding hydrogens is 1540 g/mol. The molecular formula is C77H144BN7O16P8. The molecule has 2 aliphatic heterocycles. The Morgan fingerprint density at radius 1 is 0.459 bits per heavy atom. The number of rotatable bonds is 42. The van der Waals surface area contributed by atoms with Gasteiger partial charge >= 0.3 is 7.60 Å². The third-order valence-electron chi connectivity index (χ3n) is 16.9. The van der Waals surface area contributed by atoms with Crippen LogP contribution in [0.5, 0.6) is 0 Å². The second-order valence-electron chi connectivity index (χ2n) is 31.6. The van der Waals surface area contributed by atoms with Crippen LogP contribution in [0.3, 0.4) is 0 Å². The van der Waals surface area contributed by atoms with E-state index >= 15 is 0 Å². The molecule has 2 aliphatic carbocycles. The van der Waals surface area contributed by atoms with E-state index in [1.54, 1.807) is 51.9 Å². The molecule has 23 nitrogen and oxygen atoms in total. The van der Waals surface area contributed by atoms with Crippen molar-refractivity contribution in [3.05, 3.63) is 106 Å². The second-order valence-corrected chi connectivity index (χ2v) is 48.8. The van der Waals surface area contributed by atoms with Crippen molar-refractivity contribution in [2.75, 3.05) is 107 Å². The first kappa shape index (κ1) is 106. The predicted octanol–water partition coefficient (Wildman–Crippen LogP) is 22.0. The van der Waals surface area contributed by atoms with Crippen LogP contribution < -0.4 is 0 Å². The zero-order chi connectivity index (χ0) is 83.2. The summed E-state index contributed by atoms with van der Waals surface area (Å²) in [7, 11) is -6.14. The van der Waals surface area contributed by atoms with Crippen molar-refractivity contribution in [2.24, 2.45) is 29.6 Å². The Morgan fingerprint density at radius 2 is 0.789 bits per heavy atom. The lowest BCUT2D eigenvalue weighted by atomic mass is 9.87. The molecule has 109 heavy (non-hydrogen) atoms. The van der Waals surface area contributed by atoms with E-state index < -0.39 is 69.1 Å². The second kappa shape index (κ2) is 54.9. The largest absolute Gasteiger partial charge is 0.380 e. The summed E-state index contributed by atoms with van der Waals surface area (Å²) in [6.45, 7) is 77.8. The molecule has 0 saturated carbocycles. The first-order chi connectivity index (χ1) is 50.8. The van der Waals surface area contributed by atoms with Crippen molar-refractivity contribution in [3.63, 3.8) is 0 Å². The summed E-state index contributed by atoms with van der Waals surface area (Å²) in [5.41, 5.74) is 0. The quantitative estimate of drug-likeness (QED) is 0.0183. The third kappa shape index (κ3) is 44.4. The molecule has 2 heterocycles. The summed E-state index contributed by atoms with van der Waals surface area (Å²) in [5, 5.41) is 0. The monoisotopic (exact) mass is 1680 g/mol. The van der Waals surface area contributed by atoms with Crippen molar-refractivity contribution >= 4 is 71.0 Å². The predicted molar refractivity (Wildman–Crippen MR) is 461 cm³/mol. The van der Waals surface area contributed by atoms with Gasteiger partial charge in [-0.15, -0.1) is 0 Å². The van der Waals surface area contributed by atoms with Gasteiger partial charge in [0.15, 0.2) is 0 Å². The van der Waals surface area contributed by atoms with E-state index in [9.17, 15) is 18.3 Å². The Bertz CT molecular complexity index is 2910. The van der Waals surface area contributed by atoms with Crippen LogP contribution in [0, 0.1) is 49.3 Å². The van der Waals surface area contributed by atoms with E-state index in [1.807, 2.05) is 29.9 Å². The summed E-state index contributed by atoms with van der Waals surface area (Å²) in [4.78, 5) is 10.2. The average Bonchev–Trinajstić information content (AvgIpc) is 0.854. The number of allylic oxidation sites excluding steroid dienone is 2. The number of ether oxygens (including phenoxy) is 2. The van der Waals surface area contributed by atoms with Crippen LogP contribution in [0.25, 0.3) is 14.5 Å². The highest BCUT2D eigenvalue weighted by Crippen LogP contribution is 2.55. The van der Waals surface area contributed by atoms with E-state index in [-0.39, 0.29) is 90.6 Å². The fourth-order valence-corrected chi connectivity index (χ4v) is 21.8. The molecule has 0 N–H and O–H groups in total. The van der Waals surface area contributed by atoms with Crippen LogP contribution in [0.15, 0.2) is 71.9 Å². The standard InChI is InChI=1S/2C20H36N2O3P2.C19H36N2O4P2.C18H36BNO6P2/c2*1-16(2)22(17(3)4)26(24-13-12-21-6)25-20-15-18(5)9-10-19(20)11-14-27(7,8)23;1-15(2)21(16(3)4)26(24-11-10-20-6)25-19-13-18(23-14-17(19)5)9-12-27(7,8)22;1-8-10-24-27(20(14(2)3)15(4)5)26-17-12-16(25-18(19)13-17)9-11-28(21,22-6)23-7/h2*9-11,14,16-20H,12-13,15H2,1-5,7-8H3;9,12,15-19H,10-11,13-14H2,1-5,7-8H3;9,11,14-18H,8,10,12-13H2,1-7H3/b2*14-11+;12-9+;11-9+. The van der Waals surface area contributed by atoms with Crippen molar-refractivity contribution in [3.8, 4) is 0 Å². The maximum absolute atomic E-state index is 12.2. The summed E-state index contributed by atoms with van der Waals surface area (Å²) >= 11 is 0. The van der Waals surface area contributed by atoms with Gasteiger partial charge in [-0.2, -0.15) is 0 Å². The Balaban J connectivity index is 0.000000727. The maximum Gasteiger partial charge on any atom is 0.353 e. The lowest BCUT2D eigenvalue weighted by Crippen LogP contribution is -2.39. The van der Waals surface area contributed by atoms with Crippen LogP contribution in [-0.2, 0) is 73.0 Å². The molecule has 0 bridgehead atoms. The summed E-state index contributed by atoms with van der Waals surface area (Å²) < 4.78 is 129.